The second-order valence-corrected chi connectivity index (χ2v) is 5.20. The largest absolute Gasteiger partial charge is 0.497 e. The van der Waals surface area contributed by atoms with Crippen molar-refractivity contribution in [3.8, 4) is 23.3 Å². The van der Waals surface area contributed by atoms with E-state index in [0.717, 1.165) is 0 Å². The molecule has 26 heavy (non-hydrogen) atoms. The molecule has 7 heteroatoms. The first-order chi connectivity index (χ1) is 12.6. The minimum absolute atomic E-state index is 0.259. The summed E-state index contributed by atoms with van der Waals surface area (Å²) in [6, 6.07) is 14.0. The first kappa shape index (κ1) is 18.8. The molecule has 2 rings (SSSR count). The van der Waals surface area contributed by atoms with Crippen LogP contribution < -0.4 is 19.6 Å². The molecule has 0 saturated carbocycles. The van der Waals surface area contributed by atoms with Gasteiger partial charge in [-0.2, -0.15) is 10.4 Å². The van der Waals surface area contributed by atoms with Gasteiger partial charge in [-0.25, -0.2) is 5.43 Å². The molecule has 0 aromatic heterocycles. The Morgan fingerprint density at radius 2 is 1.92 bits per heavy atom. The maximum absolute atomic E-state index is 11.9. The van der Waals surface area contributed by atoms with E-state index in [9.17, 15) is 4.79 Å². The SMILES string of the molecule is COc1ccc(OC)c(/C(C)=N\NC(=O)COc2ccccc2C#N)c1. The summed E-state index contributed by atoms with van der Waals surface area (Å²) in [7, 11) is 3.12. The van der Waals surface area contributed by atoms with Crippen LogP contribution in [-0.2, 0) is 4.79 Å². The average molecular weight is 353 g/mol. The van der Waals surface area contributed by atoms with Crippen molar-refractivity contribution in [1.82, 2.24) is 5.43 Å². The molecule has 1 N–H and O–H groups in total. The van der Waals surface area contributed by atoms with Gasteiger partial charge in [0.2, 0.25) is 0 Å². The molecule has 0 heterocycles. The highest BCUT2D eigenvalue weighted by Crippen LogP contribution is 2.24. The van der Waals surface area contributed by atoms with E-state index < -0.39 is 5.91 Å². The Hall–Kier alpha value is -3.53. The molecule has 0 bridgehead atoms. The fraction of sp³-hybridized carbons (Fsp3) is 0.211. The molecule has 134 valence electrons. The van der Waals surface area contributed by atoms with Gasteiger partial charge in [0.1, 0.15) is 23.3 Å². The lowest BCUT2D eigenvalue weighted by Crippen LogP contribution is -2.25. The molecule has 0 aliphatic heterocycles. The molecule has 0 atom stereocenters. The maximum atomic E-state index is 11.9. The van der Waals surface area contributed by atoms with Crippen molar-refractivity contribution in [3.05, 3.63) is 53.6 Å². The van der Waals surface area contributed by atoms with Crippen LogP contribution in [0.5, 0.6) is 17.2 Å². The number of hydrogen-bond acceptors (Lipinski definition) is 6. The van der Waals surface area contributed by atoms with E-state index in [1.807, 2.05) is 6.07 Å². The number of amides is 1. The highest BCUT2D eigenvalue weighted by atomic mass is 16.5. The molecule has 7 nitrogen and oxygen atoms in total. The summed E-state index contributed by atoms with van der Waals surface area (Å²) in [6.07, 6.45) is 0. The summed E-state index contributed by atoms with van der Waals surface area (Å²) in [5.74, 6) is 1.16. The predicted octanol–water partition coefficient (Wildman–Crippen LogP) is 2.49. The fourth-order valence-electron chi connectivity index (χ4n) is 2.16. The number of carbonyl (C=O) groups excluding carboxylic acids is 1. The lowest BCUT2D eigenvalue weighted by atomic mass is 10.1. The highest BCUT2D eigenvalue weighted by Gasteiger charge is 2.10. The second-order valence-electron chi connectivity index (χ2n) is 5.20. The van der Waals surface area contributed by atoms with Crippen LogP contribution in [0.1, 0.15) is 18.1 Å². The van der Waals surface area contributed by atoms with E-state index in [2.05, 4.69) is 10.5 Å². The Bertz CT molecular complexity index is 856. The number of hydrazone groups is 1. The molecule has 1 amide bonds. The summed E-state index contributed by atoms with van der Waals surface area (Å²) in [4.78, 5) is 11.9. The van der Waals surface area contributed by atoms with E-state index in [4.69, 9.17) is 19.5 Å². The number of carbonyl (C=O) groups is 1. The first-order valence-corrected chi connectivity index (χ1v) is 7.76. The highest BCUT2D eigenvalue weighted by molar-refractivity contribution is 6.02. The quantitative estimate of drug-likeness (QED) is 0.610. The van der Waals surface area contributed by atoms with E-state index >= 15 is 0 Å². The summed E-state index contributed by atoms with van der Waals surface area (Å²) in [5.41, 5.74) is 4.03. The number of nitriles is 1. The monoisotopic (exact) mass is 353 g/mol. The van der Waals surface area contributed by atoms with Crippen LogP contribution in [-0.4, -0.2) is 32.4 Å². The number of ether oxygens (including phenoxy) is 3. The molecule has 2 aromatic carbocycles. The summed E-state index contributed by atoms with van der Waals surface area (Å²) in [6.45, 7) is 1.48. The van der Waals surface area contributed by atoms with Crippen LogP contribution >= 0.6 is 0 Å². The molecule has 0 aliphatic rings. The predicted molar refractivity (Wildman–Crippen MR) is 96.6 cm³/mol. The molecular weight excluding hydrogens is 334 g/mol. The molecule has 0 fully saturated rings. The molecule has 0 aliphatic carbocycles. The summed E-state index contributed by atoms with van der Waals surface area (Å²) >= 11 is 0. The van der Waals surface area contributed by atoms with Crippen LogP contribution in [0, 0.1) is 11.3 Å². The van der Waals surface area contributed by atoms with Gasteiger partial charge in [0.25, 0.3) is 5.91 Å². The van der Waals surface area contributed by atoms with Crippen molar-refractivity contribution in [1.29, 1.82) is 5.26 Å². The average Bonchev–Trinajstić information content (AvgIpc) is 2.69. The van der Waals surface area contributed by atoms with E-state index in [-0.39, 0.29) is 6.61 Å². The van der Waals surface area contributed by atoms with Crippen molar-refractivity contribution >= 4 is 11.6 Å². The first-order valence-electron chi connectivity index (χ1n) is 7.76. The van der Waals surface area contributed by atoms with Crippen LogP contribution in [0.2, 0.25) is 0 Å². The van der Waals surface area contributed by atoms with Gasteiger partial charge >= 0.3 is 0 Å². The third kappa shape index (κ3) is 4.74. The lowest BCUT2D eigenvalue weighted by Gasteiger charge is -2.10. The van der Waals surface area contributed by atoms with Gasteiger partial charge in [0.15, 0.2) is 6.61 Å². The number of benzene rings is 2. The normalized spacial score (nSPS) is 10.6. The number of nitrogens with one attached hydrogen (secondary N) is 1. The zero-order chi connectivity index (χ0) is 18.9. The number of nitrogens with zero attached hydrogens (tertiary/aromatic N) is 2. The zero-order valence-corrected chi connectivity index (χ0v) is 14.8. The smallest absolute Gasteiger partial charge is 0.277 e. The van der Waals surface area contributed by atoms with E-state index in [1.165, 1.54) is 0 Å². The van der Waals surface area contributed by atoms with Crippen molar-refractivity contribution in [2.75, 3.05) is 20.8 Å². The van der Waals surface area contributed by atoms with Crippen LogP contribution in [0.15, 0.2) is 47.6 Å². The minimum atomic E-state index is -0.445. The molecular formula is C19H19N3O4. The third-order valence-corrected chi connectivity index (χ3v) is 3.51. The van der Waals surface area contributed by atoms with Gasteiger partial charge in [-0.05, 0) is 37.3 Å². The number of hydrogen-bond donors (Lipinski definition) is 1. The number of rotatable bonds is 7. The van der Waals surface area contributed by atoms with Gasteiger partial charge < -0.3 is 14.2 Å². The van der Waals surface area contributed by atoms with E-state index in [0.29, 0.717) is 34.1 Å². The molecule has 0 saturated heterocycles. The van der Waals surface area contributed by atoms with Crippen LogP contribution in [0.3, 0.4) is 0 Å². The Morgan fingerprint density at radius 1 is 1.15 bits per heavy atom. The number of methoxy groups -OCH3 is 2. The Balaban J connectivity index is 2.02. The van der Waals surface area contributed by atoms with Crippen molar-refractivity contribution in [3.63, 3.8) is 0 Å². The third-order valence-electron chi connectivity index (χ3n) is 3.51. The van der Waals surface area contributed by atoms with Gasteiger partial charge in [-0.3, -0.25) is 4.79 Å². The Kier molecular flexibility index (Phi) is 6.57. The molecule has 0 radical (unpaired) electrons. The van der Waals surface area contributed by atoms with Crippen LogP contribution in [0.25, 0.3) is 0 Å². The molecule has 2 aromatic rings. The van der Waals surface area contributed by atoms with Gasteiger partial charge in [0.05, 0.1) is 25.5 Å². The van der Waals surface area contributed by atoms with Gasteiger partial charge in [0, 0.05) is 5.56 Å². The number of para-hydroxylation sites is 1. The zero-order valence-electron chi connectivity index (χ0n) is 14.8. The summed E-state index contributed by atoms with van der Waals surface area (Å²) < 4.78 is 15.9. The second kappa shape index (κ2) is 9.08. The van der Waals surface area contributed by atoms with Gasteiger partial charge in [-0.1, -0.05) is 12.1 Å². The topological polar surface area (TPSA) is 92.9 Å². The van der Waals surface area contributed by atoms with Crippen molar-refractivity contribution in [2.45, 2.75) is 6.92 Å². The van der Waals surface area contributed by atoms with E-state index in [1.54, 1.807) is 63.6 Å². The van der Waals surface area contributed by atoms with Crippen molar-refractivity contribution in [2.24, 2.45) is 5.10 Å². The standard InChI is InChI=1S/C19H19N3O4/c1-13(16-10-15(24-2)8-9-18(16)25-3)21-22-19(23)12-26-17-7-5-4-6-14(17)11-20/h4-10H,12H2,1-3H3,(H,22,23)/b21-13-. The fourth-order valence-corrected chi connectivity index (χ4v) is 2.16. The minimum Gasteiger partial charge on any atom is -0.497 e. The Morgan fingerprint density at radius 3 is 2.62 bits per heavy atom. The summed E-state index contributed by atoms with van der Waals surface area (Å²) in [5, 5.41) is 13.1. The Labute approximate surface area is 151 Å². The molecule has 0 unspecified atom stereocenters. The van der Waals surface area contributed by atoms with Gasteiger partial charge in [-0.15, -0.1) is 0 Å². The lowest BCUT2D eigenvalue weighted by molar-refractivity contribution is -0.123. The van der Waals surface area contributed by atoms with Crippen molar-refractivity contribution < 1.29 is 19.0 Å². The maximum Gasteiger partial charge on any atom is 0.277 e. The molecule has 0 spiro atoms. The van der Waals surface area contributed by atoms with Crippen LogP contribution in [0.4, 0.5) is 0 Å².